The molecular weight excluding hydrogens is 251 g/mol. The van der Waals surface area contributed by atoms with Crippen molar-refractivity contribution in [1.82, 2.24) is 0 Å². The zero-order chi connectivity index (χ0) is 14.3. The topological polar surface area (TPSA) is 63.6 Å². The molecule has 0 saturated heterocycles. The van der Waals surface area contributed by atoms with Crippen molar-refractivity contribution < 1.29 is 23.8 Å². The van der Waals surface area contributed by atoms with E-state index in [1.807, 2.05) is 0 Å². The van der Waals surface area contributed by atoms with Gasteiger partial charge in [-0.2, -0.15) is 0 Å². The number of aliphatic hydroxyl groups excluding tert-OH is 1. The molecule has 0 fully saturated rings. The molecule has 1 N–H and O–H groups in total. The van der Waals surface area contributed by atoms with E-state index in [2.05, 4.69) is 4.74 Å². The maximum atomic E-state index is 12.7. The van der Waals surface area contributed by atoms with Crippen molar-refractivity contribution in [2.24, 2.45) is 0 Å². The van der Waals surface area contributed by atoms with E-state index in [0.717, 1.165) is 0 Å². The number of carbonyl (C=O) groups is 2. The first-order chi connectivity index (χ1) is 9.04. The van der Waals surface area contributed by atoms with E-state index in [1.165, 1.54) is 24.3 Å². The lowest BCUT2D eigenvalue weighted by atomic mass is 10.0. The van der Waals surface area contributed by atoms with Crippen molar-refractivity contribution in [2.45, 2.75) is 32.3 Å². The van der Waals surface area contributed by atoms with Crippen LogP contribution in [0, 0.1) is 5.82 Å². The minimum atomic E-state index is -1.19. The predicted octanol–water partition coefficient (Wildman–Crippen LogP) is 2.10. The van der Waals surface area contributed by atoms with E-state index in [-0.39, 0.29) is 25.2 Å². The Morgan fingerprint density at radius 3 is 2.53 bits per heavy atom. The van der Waals surface area contributed by atoms with E-state index in [0.29, 0.717) is 12.0 Å². The molecule has 0 aromatic heterocycles. The van der Waals surface area contributed by atoms with E-state index >= 15 is 0 Å². The van der Waals surface area contributed by atoms with Crippen molar-refractivity contribution in [3.05, 3.63) is 35.6 Å². The summed E-state index contributed by atoms with van der Waals surface area (Å²) < 4.78 is 17.3. The highest BCUT2D eigenvalue weighted by Crippen LogP contribution is 2.10. The molecule has 0 aliphatic rings. The molecule has 1 rings (SSSR count). The van der Waals surface area contributed by atoms with Crippen molar-refractivity contribution in [1.29, 1.82) is 0 Å². The Balaban J connectivity index is 2.35. The summed E-state index contributed by atoms with van der Waals surface area (Å²) in [4.78, 5) is 22.8. The lowest BCUT2D eigenvalue weighted by Gasteiger charge is -2.08. The van der Waals surface area contributed by atoms with E-state index in [9.17, 15) is 19.1 Å². The van der Waals surface area contributed by atoms with Gasteiger partial charge in [-0.15, -0.1) is 0 Å². The van der Waals surface area contributed by atoms with Crippen molar-refractivity contribution in [3.63, 3.8) is 0 Å². The zero-order valence-corrected chi connectivity index (χ0v) is 10.8. The first kappa shape index (κ1) is 15.3. The number of rotatable bonds is 7. The van der Waals surface area contributed by atoms with E-state index in [4.69, 9.17) is 0 Å². The molecule has 1 unspecified atom stereocenters. The van der Waals surface area contributed by atoms with Gasteiger partial charge in [0.15, 0.2) is 11.9 Å². The summed E-state index contributed by atoms with van der Waals surface area (Å²) in [7, 11) is 0. The summed E-state index contributed by atoms with van der Waals surface area (Å²) in [6, 6.07) is 5.28. The molecule has 104 valence electrons. The van der Waals surface area contributed by atoms with Crippen LogP contribution >= 0.6 is 0 Å². The number of hydrogen-bond acceptors (Lipinski definition) is 4. The Morgan fingerprint density at radius 1 is 1.32 bits per heavy atom. The zero-order valence-electron chi connectivity index (χ0n) is 10.8. The Labute approximate surface area is 111 Å². The van der Waals surface area contributed by atoms with Gasteiger partial charge < -0.3 is 9.84 Å². The molecule has 4 nitrogen and oxygen atoms in total. The second kappa shape index (κ2) is 7.63. The number of ketones is 1. The fourth-order valence-corrected chi connectivity index (χ4v) is 1.59. The summed E-state index contributed by atoms with van der Waals surface area (Å²) in [5.74, 6) is -1.21. The first-order valence-corrected chi connectivity index (χ1v) is 6.18. The lowest BCUT2D eigenvalue weighted by molar-refractivity contribution is -0.153. The van der Waals surface area contributed by atoms with E-state index < -0.39 is 17.9 Å². The average molecular weight is 268 g/mol. The molecule has 0 amide bonds. The van der Waals surface area contributed by atoms with Gasteiger partial charge in [0.05, 0.1) is 6.61 Å². The van der Waals surface area contributed by atoms with Gasteiger partial charge in [-0.3, -0.25) is 4.79 Å². The molecule has 5 heteroatoms. The van der Waals surface area contributed by atoms with Crippen LogP contribution in [0.3, 0.4) is 0 Å². The van der Waals surface area contributed by atoms with E-state index in [1.54, 1.807) is 6.92 Å². The van der Waals surface area contributed by atoms with Crippen LogP contribution in [0.5, 0.6) is 0 Å². The van der Waals surface area contributed by atoms with Crippen LogP contribution in [0.2, 0.25) is 0 Å². The van der Waals surface area contributed by atoms with Gasteiger partial charge in [0.25, 0.3) is 0 Å². The van der Waals surface area contributed by atoms with Gasteiger partial charge in [0.1, 0.15) is 5.82 Å². The van der Waals surface area contributed by atoms with Crippen LogP contribution in [-0.2, 0) is 9.53 Å². The minimum absolute atomic E-state index is 0.143. The Hall–Kier alpha value is -1.75. The van der Waals surface area contributed by atoms with Gasteiger partial charge in [-0.25, -0.2) is 9.18 Å². The molecule has 0 aliphatic carbocycles. The van der Waals surface area contributed by atoms with Gasteiger partial charge in [0.2, 0.25) is 0 Å². The summed E-state index contributed by atoms with van der Waals surface area (Å²) in [6.07, 6.45) is -0.453. The number of esters is 1. The number of ether oxygens (including phenoxy) is 1. The highest BCUT2D eigenvalue weighted by Gasteiger charge is 2.16. The maximum absolute atomic E-state index is 12.7. The van der Waals surface area contributed by atoms with Gasteiger partial charge >= 0.3 is 5.97 Å². The molecule has 0 heterocycles. The molecule has 0 aliphatic heterocycles. The van der Waals surface area contributed by atoms with Gasteiger partial charge in [-0.1, -0.05) is 0 Å². The second-order valence-corrected chi connectivity index (χ2v) is 4.09. The second-order valence-electron chi connectivity index (χ2n) is 4.09. The third kappa shape index (κ3) is 5.18. The SMILES string of the molecule is CCOC(=O)C(O)CCCC(=O)c1ccc(F)cc1. The molecule has 1 aromatic carbocycles. The van der Waals surface area contributed by atoms with Crippen LogP contribution in [0.15, 0.2) is 24.3 Å². The smallest absolute Gasteiger partial charge is 0.334 e. The molecule has 0 bridgehead atoms. The largest absolute Gasteiger partial charge is 0.464 e. The number of benzene rings is 1. The lowest BCUT2D eigenvalue weighted by Crippen LogP contribution is -2.23. The van der Waals surface area contributed by atoms with Crippen LogP contribution in [0.4, 0.5) is 4.39 Å². The third-order valence-electron chi connectivity index (χ3n) is 2.61. The van der Waals surface area contributed by atoms with Gasteiger partial charge in [0, 0.05) is 12.0 Å². The number of Topliss-reactive ketones (excluding diaryl/α,β-unsaturated/α-hetero) is 1. The summed E-state index contributed by atoms with van der Waals surface area (Å²) in [6.45, 7) is 1.87. The Morgan fingerprint density at radius 2 is 1.95 bits per heavy atom. The van der Waals surface area contributed by atoms with Crippen molar-refractivity contribution in [3.8, 4) is 0 Å². The quantitative estimate of drug-likeness (QED) is 0.607. The maximum Gasteiger partial charge on any atom is 0.334 e. The number of aliphatic hydroxyl groups is 1. The Bertz CT molecular complexity index is 428. The normalized spacial score (nSPS) is 11.9. The van der Waals surface area contributed by atoms with Crippen LogP contribution in [-0.4, -0.2) is 29.6 Å². The fraction of sp³-hybridized carbons (Fsp3) is 0.429. The number of hydrogen-bond donors (Lipinski definition) is 1. The summed E-state index contributed by atoms with van der Waals surface area (Å²) in [5.41, 5.74) is 0.423. The number of carbonyl (C=O) groups excluding carboxylic acids is 2. The Kier molecular flexibility index (Phi) is 6.15. The molecule has 0 spiro atoms. The molecule has 0 saturated carbocycles. The fourth-order valence-electron chi connectivity index (χ4n) is 1.59. The highest BCUT2D eigenvalue weighted by molar-refractivity contribution is 5.95. The van der Waals surface area contributed by atoms with Gasteiger partial charge in [-0.05, 0) is 44.0 Å². The summed E-state index contributed by atoms with van der Waals surface area (Å²) >= 11 is 0. The monoisotopic (exact) mass is 268 g/mol. The summed E-state index contributed by atoms with van der Waals surface area (Å²) in [5, 5.41) is 9.43. The van der Waals surface area contributed by atoms with Crippen molar-refractivity contribution >= 4 is 11.8 Å². The highest BCUT2D eigenvalue weighted by atomic mass is 19.1. The molecular formula is C14H17FO4. The first-order valence-electron chi connectivity index (χ1n) is 6.18. The molecule has 0 radical (unpaired) electrons. The van der Waals surface area contributed by atoms with Crippen molar-refractivity contribution in [2.75, 3.05) is 6.61 Å². The molecule has 1 aromatic rings. The third-order valence-corrected chi connectivity index (χ3v) is 2.61. The average Bonchev–Trinajstić information content (AvgIpc) is 2.39. The molecule has 19 heavy (non-hydrogen) atoms. The minimum Gasteiger partial charge on any atom is -0.464 e. The van der Waals surface area contributed by atoms with Crippen LogP contribution in [0.1, 0.15) is 36.5 Å². The van der Waals surface area contributed by atoms with Crippen LogP contribution in [0.25, 0.3) is 0 Å². The number of halogens is 1. The predicted molar refractivity (Wildman–Crippen MR) is 67.2 cm³/mol. The van der Waals surface area contributed by atoms with Crippen LogP contribution < -0.4 is 0 Å². The standard InChI is InChI=1S/C14H17FO4/c1-2-19-14(18)13(17)5-3-4-12(16)10-6-8-11(15)9-7-10/h6-9,13,17H,2-5H2,1H3. The molecule has 1 atom stereocenters.